The summed E-state index contributed by atoms with van der Waals surface area (Å²) in [5, 5.41) is 2.28. The lowest BCUT2D eigenvalue weighted by Crippen LogP contribution is -2.28. The van der Waals surface area contributed by atoms with E-state index in [2.05, 4.69) is 391 Å². The molecule has 2 fully saturated rings. The second-order valence-corrected chi connectivity index (χ2v) is 33.3. The maximum absolute atomic E-state index is 6.24. The molecule has 1 nitrogen and oxygen atoms in total. The Morgan fingerprint density at radius 3 is 1.04 bits per heavy atom. The Morgan fingerprint density at radius 2 is 0.583 bits per heavy atom. The van der Waals surface area contributed by atoms with Crippen LogP contribution in [-0.4, -0.2) is 10.7 Å². The van der Waals surface area contributed by atoms with Crippen LogP contribution in [0.15, 0.2) is 343 Å². The molecule has 7 aliphatic rings. The summed E-state index contributed by atoms with van der Waals surface area (Å²) in [6.07, 6.45) is 15.1. The van der Waals surface area contributed by atoms with Crippen LogP contribution in [0.5, 0.6) is 0 Å². The highest BCUT2D eigenvalue weighted by Gasteiger charge is 2.49. The molecule has 5 heteroatoms. The third-order valence-electron chi connectivity index (χ3n) is 24.2. The summed E-state index contributed by atoms with van der Waals surface area (Å²) in [7, 11) is 0. The number of hydrogen-bond donors (Lipinski definition) is 1. The quantitative estimate of drug-likeness (QED) is 0.0870. The SMILES string of the molecule is BrCCCCBr.Brc1ccc2c(c1)C1(CCCC1)c1ccccc1-2.Brc1ccc2c(c1)Cc1ccccc1-2.C.Nc1ccc2c(c1)C(c1ccccc1)(c1ccccc1)c1ccccc1-2.c1ccc(C2(c3ccccc3)c3ccccc3-c3ccc(Cc4ccc5c(c4)C4(CCCC4)c4ccccc4-5)cc32)cc1. The van der Waals surface area contributed by atoms with Crippen LogP contribution in [0.3, 0.4) is 0 Å². The standard InChI is InChI=1S/C43H34.C25H19N.C17H15Br.C13H9Br.C4H8Br2.CH4/c1-3-13-32(14-4-1)43(33-15-5-2-6-16-33)39-20-10-8-18-35(39)37-24-22-31(29-41(37)43)27-30-21-23-36-34-17-7-9-19-38(34)42(40(36)28-30)25-11-12-26-42;26-20-15-16-22-21-13-7-8-14-23(21)25(24(22)17-20,18-9-3-1-4-10-18)19-11-5-2-6-12-19;18-12-7-8-14-13-5-1-2-6-15(13)17(16(14)11-12)9-3-4-10-17;14-11-5-6-13-10(8-11)7-9-3-1-2-4-12(9)13;5-3-1-2-4-6;/h1-10,13-24,28-29H,11-12,25-27H2;1-17H,26H2;1-2,5-8,11H,3-4,9-10H2;1-6,8H,7H2;1-4H2;1H4. The van der Waals surface area contributed by atoms with E-state index in [1.165, 1.54) is 196 Å². The van der Waals surface area contributed by atoms with E-state index in [4.69, 9.17) is 5.73 Å². The molecule has 0 unspecified atom stereocenters. The molecule has 2 N–H and O–H groups in total. The molecule has 534 valence electrons. The Labute approximate surface area is 673 Å². The van der Waals surface area contributed by atoms with Crippen molar-refractivity contribution in [2.75, 3.05) is 16.4 Å². The summed E-state index contributed by atoms with van der Waals surface area (Å²) in [6.45, 7) is 0. The summed E-state index contributed by atoms with van der Waals surface area (Å²) in [6, 6.07) is 123. The van der Waals surface area contributed by atoms with Gasteiger partial charge in [-0.1, -0.05) is 394 Å². The summed E-state index contributed by atoms with van der Waals surface area (Å²) in [5.41, 5.74) is 43.2. The Balaban J connectivity index is 0.000000116. The van der Waals surface area contributed by atoms with Gasteiger partial charge >= 0.3 is 0 Å². The fourth-order valence-electron chi connectivity index (χ4n) is 19.7. The van der Waals surface area contributed by atoms with E-state index < -0.39 is 0 Å². The molecule has 0 radical (unpaired) electrons. The van der Waals surface area contributed by atoms with E-state index in [-0.39, 0.29) is 23.7 Å². The van der Waals surface area contributed by atoms with Crippen molar-refractivity contribution < 1.29 is 0 Å². The van der Waals surface area contributed by atoms with Crippen LogP contribution in [0, 0.1) is 0 Å². The highest BCUT2D eigenvalue weighted by Crippen LogP contribution is 2.61. The molecular weight excluding hydrogens is 1570 g/mol. The molecule has 0 bridgehead atoms. The number of anilines is 1. The minimum Gasteiger partial charge on any atom is -0.399 e. The van der Waals surface area contributed by atoms with Gasteiger partial charge in [-0.2, -0.15) is 0 Å². The molecule has 0 heterocycles. The molecule has 21 rings (SSSR count). The molecule has 0 saturated heterocycles. The van der Waals surface area contributed by atoms with E-state index in [0.29, 0.717) is 5.41 Å². The Morgan fingerprint density at radius 1 is 0.269 bits per heavy atom. The molecular formula is C103H89Br4N. The largest absolute Gasteiger partial charge is 0.399 e. The average molecular weight is 1660 g/mol. The predicted molar refractivity (Wildman–Crippen MR) is 471 cm³/mol. The van der Waals surface area contributed by atoms with Crippen molar-refractivity contribution in [1.29, 1.82) is 0 Å². The number of rotatable bonds is 9. The number of fused-ring (bicyclic) bond motifs is 19. The van der Waals surface area contributed by atoms with E-state index in [1.807, 2.05) is 6.07 Å². The Bertz CT molecular complexity index is 5470. The highest BCUT2D eigenvalue weighted by molar-refractivity contribution is 9.11. The van der Waals surface area contributed by atoms with Gasteiger partial charge < -0.3 is 5.73 Å². The van der Waals surface area contributed by atoms with Crippen LogP contribution in [0.25, 0.3) is 55.6 Å². The first-order valence-corrected chi connectivity index (χ1v) is 42.1. The zero-order valence-electron chi connectivity index (χ0n) is 60.2. The highest BCUT2D eigenvalue weighted by atomic mass is 79.9. The number of alkyl halides is 2. The van der Waals surface area contributed by atoms with E-state index in [1.54, 1.807) is 22.3 Å². The molecule has 0 aliphatic heterocycles. The summed E-state index contributed by atoms with van der Waals surface area (Å²) >= 11 is 13.8. The van der Waals surface area contributed by atoms with Gasteiger partial charge in [-0.05, 0) is 232 Å². The van der Waals surface area contributed by atoms with Crippen molar-refractivity contribution in [3.63, 3.8) is 0 Å². The van der Waals surface area contributed by atoms with Crippen molar-refractivity contribution in [2.24, 2.45) is 0 Å². The minimum atomic E-state index is -0.349. The first-order chi connectivity index (χ1) is 52.7. The van der Waals surface area contributed by atoms with Gasteiger partial charge in [-0.15, -0.1) is 0 Å². The lowest BCUT2D eigenvalue weighted by Gasteiger charge is -2.34. The van der Waals surface area contributed by atoms with Crippen LogP contribution >= 0.6 is 63.7 Å². The van der Waals surface area contributed by atoms with Gasteiger partial charge in [0.2, 0.25) is 0 Å². The third kappa shape index (κ3) is 12.8. The van der Waals surface area contributed by atoms with Gasteiger partial charge in [0.05, 0.1) is 10.8 Å². The average Bonchev–Trinajstić information content (AvgIpc) is 1.55. The molecule has 0 aromatic heterocycles. The maximum atomic E-state index is 6.24. The number of unbranched alkanes of at least 4 members (excludes halogenated alkanes) is 1. The molecule has 2 saturated carbocycles. The molecule has 7 aliphatic carbocycles. The van der Waals surface area contributed by atoms with Gasteiger partial charge in [-0.25, -0.2) is 0 Å². The van der Waals surface area contributed by atoms with Crippen molar-refractivity contribution in [1.82, 2.24) is 0 Å². The minimum absolute atomic E-state index is 0. The second kappa shape index (κ2) is 31.4. The van der Waals surface area contributed by atoms with E-state index in [0.717, 1.165) is 29.2 Å². The number of nitrogens with two attached hydrogens (primary N) is 1. The van der Waals surface area contributed by atoms with E-state index in [9.17, 15) is 0 Å². The van der Waals surface area contributed by atoms with Crippen molar-refractivity contribution in [3.8, 4) is 55.6 Å². The fraction of sp³-hybridized carbons (Fsp3) is 0.184. The zero-order valence-corrected chi connectivity index (χ0v) is 66.6. The molecule has 108 heavy (non-hydrogen) atoms. The van der Waals surface area contributed by atoms with Gasteiger partial charge in [0, 0.05) is 36.1 Å². The first-order valence-electron chi connectivity index (χ1n) is 38.2. The zero-order chi connectivity index (χ0) is 72.5. The summed E-state index contributed by atoms with van der Waals surface area (Å²) in [5.74, 6) is 0. The first kappa shape index (κ1) is 73.0. The number of benzene rings is 14. The Hall–Kier alpha value is -9.20. The van der Waals surface area contributed by atoms with Crippen LogP contribution < -0.4 is 5.73 Å². The number of hydrogen-bond acceptors (Lipinski definition) is 1. The van der Waals surface area contributed by atoms with Gasteiger partial charge in [0.1, 0.15) is 0 Å². The van der Waals surface area contributed by atoms with Gasteiger partial charge in [0.25, 0.3) is 0 Å². The topological polar surface area (TPSA) is 26.0 Å². The van der Waals surface area contributed by atoms with Crippen LogP contribution in [-0.2, 0) is 34.5 Å². The molecule has 0 atom stereocenters. The molecule has 14 aromatic carbocycles. The number of halogens is 4. The van der Waals surface area contributed by atoms with Crippen LogP contribution in [0.4, 0.5) is 5.69 Å². The van der Waals surface area contributed by atoms with Crippen molar-refractivity contribution in [3.05, 3.63) is 432 Å². The second-order valence-electron chi connectivity index (χ2n) is 29.9. The molecule has 14 aromatic rings. The smallest absolute Gasteiger partial charge is 0.0714 e. The Kier molecular flexibility index (Phi) is 21.2. The normalized spacial score (nSPS) is 15.1. The monoisotopic (exact) mass is 1660 g/mol. The molecule has 2 spiro atoms. The van der Waals surface area contributed by atoms with Crippen molar-refractivity contribution in [2.45, 2.75) is 106 Å². The summed E-state index contributed by atoms with van der Waals surface area (Å²) in [4.78, 5) is 0. The lowest BCUT2D eigenvalue weighted by molar-refractivity contribution is 0.549. The lowest BCUT2D eigenvalue weighted by atomic mass is 9.67. The molecule has 0 amide bonds. The van der Waals surface area contributed by atoms with Crippen LogP contribution in [0.2, 0.25) is 0 Å². The fourth-order valence-corrected chi connectivity index (χ4v) is 21.2. The van der Waals surface area contributed by atoms with Gasteiger partial charge in [-0.3, -0.25) is 0 Å². The summed E-state index contributed by atoms with van der Waals surface area (Å²) < 4.78 is 2.38. The van der Waals surface area contributed by atoms with Gasteiger partial charge in [0.15, 0.2) is 0 Å². The van der Waals surface area contributed by atoms with Crippen LogP contribution in [0.1, 0.15) is 161 Å². The van der Waals surface area contributed by atoms with E-state index >= 15 is 0 Å². The van der Waals surface area contributed by atoms with Crippen molar-refractivity contribution >= 4 is 69.4 Å². The predicted octanol–water partition coefficient (Wildman–Crippen LogP) is 28.6. The maximum Gasteiger partial charge on any atom is 0.0714 e. The number of nitrogen functional groups attached to an aromatic ring is 1. The third-order valence-corrected chi connectivity index (χ3v) is 26.3.